The summed E-state index contributed by atoms with van der Waals surface area (Å²) in [6, 6.07) is 12.4. The quantitative estimate of drug-likeness (QED) is 0.607. The molecule has 0 aliphatic rings. The normalized spacial score (nSPS) is 11.5. The number of hydrogen-bond donors (Lipinski definition) is 3. The van der Waals surface area contributed by atoms with Crippen LogP contribution in [0, 0.1) is 0 Å². The maximum absolute atomic E-state index is 13.1. The number of carbonyl (C=O) groups excluding carboxylic acids is 1. The third kappa shape index (κ3) is 3.68. The van der Waals surface area contributed by atoms with E-state index in [1.165, 1.54) is 0 Å². The van der Waals surface area contributed by atoms with Crippen molar-refractivity contribution in [2.75, 3.05) is 11.8 Å². The van der Waals surface area contributed by atoms with Gasteiger partial charge in [-0.15, -0.1) is 0 Å². The van der Waals surface area contributed by atoms with Gasteiger partial charge in [-0.2, -0.15) is 0 Å². The van der Waals surface area contributed by atoms with E-state index in [0.717, 1.165) is 22.0 Å². The second kappa shape index (κ2) is 7.44. The predicted octanol–water partition coefficient (Wildman–Crippen LogP) is 3.45. The van der Waals surface area contributed by atoms with Crippen molar-refractivity contribution >= 4 is 32.5 Å². The highest BCUT2D eigenvalue weighted by molar-refractivity contribution is 7.92. The van der Waals surface area contributed by atoms with Crippen molar-refractivity contribution in [3.05, 3.63) is 59.3 Å². The summed E-state index contributed by atoms with van der Waals surface area (Å²) < 4.78 is 28.8. The lowest BCUT2D eigenvalue weighted by Gasteiger charge is -2.15. The monoisotopic (exact) mass is 385 g/mol. The van der Waals surface area contributed by atoms with Crippen molar-refractivity contribution in [1.29, 1.82) is 0 Å². The van der Waals surface area contributed by atoms with Crippen LogP contribution in [0.15, 0.2) is 47.4 Å². The Morgan fingerprint density at radius 2 is 1.70 bits per heavy atom. The number of aromatic amines is 1. The number of fused-ring (bicyclic) bond motifs is 1. The first-order chi connectivity index (χ1) is 12.9. The molecule has 0 spiro atoms. The number of rotatable bonds is 6. The van der Waals surface area contributed by atoms with Crippen LogP contribution in [0.5, 0.6) is 0 Å². The molecule has 0 unspecified atom stereocenters. The van der Waals surface area contributed by atoms with E-state index in [9.17, 15) is 13.2 Å². The van der Waals surface area contributed by atoms with Crippen molar-refractivity contribution in [2.45, 2.75) is 31.6 Å². The molecule has 0 aliphatic heterocycles. The molecule has 3 N–H and O–H groups in total. The molecule has 7 heteroatoms. The van der Waals surface area contributed by atoms with E-state index >= 15 is 0 Å². The molecule has 0 fully saturated rings. The molecule has 0 bridgehead atoms. The van der Waals surface area contributed by atoms with Gasteiger partial charge in [0, 0.05) is 23.6 Å². The van der Waals surface area contributed by atoms with Gasteiger partial charge in [0.1, 0.15) is 5.69 Å². The Hall–Kier alpha value is -2.80. The zero-order valence-corrected chi connectivity index (χ0v) is 16.4. The Balaban J connectivity index is 2.00. The van der Waals surface area contributed by atoms with Crippen molar-refractivity contribution in [3.8, 4) is 0 Å². The first kappa shape index (κ1) is 19.0. The Morgan fingerprint density at radius 1 is 1.04 bits per heavy atom. The summed E-state index contributed by atoms with van der Waals surface area (Å²) in [6.07, 6.45) is 1.27. The maximum atomic E-state index is 13.1. The number of sulfonamides is 1. The van der Waals surface area contributed by atoms with Crippen LogP contribution >= 0.6 is 0 Å². The minimum absolute atomic E-state index is 0.224. The summed E-state index contributed by atoms with van der Waals surface area (Å²) in [7, 11) is -2.16. The van der Waals surface area contributed by atoms with Gasteiger partial charge in [0.05, 0.1) is 4.90 Å². The van der Waals surface area contributed by atoms with Gasteiger partial charge in [-0.3, -0.25) is 9.52 Å². The molecular weight excluding hydrogens is 362 g/mol. The molecule has 1 heterocycles. The van der Waals surface area contributed by atoms with Crippen LogP contribution in [0.1, 0.15) is 35.5 Å². The average Bonchev–Trinajstić information content (AvgIpc) is 3.09. The average molecular weight is 385 g/mol. The molecule has 0 radical (unpaired) electrons. The van der Waals surface area contributed by atoms with E-state index in [1.807, 2.05) is 32.0 Å². The SMILES string of the molecule is CCc1cccc(CC)c1S(=O)(=O)Nc1ccc2[nH]c(C(=O)NC)cc2c1. The summed E-state index contributed by atoms with van der Waals surface area (Å²) in [5, 5.41) is 3.32. The van der Waals surface area contributed by atoms with Crippen molar-refractivity contribution in [1.82, 2.24) is 10.3 Å². The lowest BCUT2D eigenvalue weighted by Crippen LogP contribution is -2.17. The highest BCUT2D eigenvalue weighted by Gasteiger charge is 2.21. The Labute approximate surface area is 159 Å². The van der Waals surface area contributed by atoms with Gasteiger partial charge in [0.2, 0.25) is 0 Å². The molecular formula is C20H23N3O3S. The second-order valence-corrected chi connectivity index (χ2v) is 7.90. The molecule has 1 amide bonds. The number of aryl methyl sites for hydroxylation is 2. The highest BCUT2D eigenvalue weighted by Crippen LogP contribution is 2.27. The van der Waals surface area contributed by atoms with Crippen LogP contribution < -0.4 is 10.0 Å². The van der Waals surface area contributed by atoms with Crippen LogP contribution in [0.2, 0.25) is 0 Å². The Kier molecular flexibility index (Phi) is 5.23. The molecule has 0 aliphatic carbocycles. The fourth-order valence-electron chi connectivity index (χ4n) is 3.20. The van der Waals surface area contributed by atoms with E-state index in [1.54, 1.807) is 31.3 Å². The summed E-state index contributed by atoms with van der Waals surface area (Å²) in [6.45, 7) is 3.89. The van der Waals surface area contributed by atoms with Crippen LogP contribution in [0.3, 0.4) is 0 Å². The van der Waals surface area contributed by atoms with Crippen LogP contribution in [-0.2, 0) is 22.9 Å². The molecule has 0 saturated heterocycles. The van der Waals surface area contributed by atoms with Crippen molar-refractivity contribution in [3.63, 3.8) is 0 Å². The number of anilines is 1. The number of H-pyrrole nitrogens is 1. The summed E-state index contributed by atoms with van der Waals surface area (Å²) in [5.41, 5.74) is 3.24. The third-order valence-electron chi connectivity index (χ3n) is 4.55. The smallest absolute Gasteiger partial charge is 0.267 e. The predicted molar refractivity (Wildman–Crippen MR) is 108 cm³/mol. The largest absolute Gasteiger partial charge is 0.354 e. The van der Waals surface area contributed by atoms with E-state index in [2.05, 4.69) is 15.0 Å². The summed E-state index contributed by atoms with van der Waals surface area (Å²) in [5.74, 6) is -0.224. The maximum Gasteiger partial charge on any atom is 0.267 e. The van der Waals surface area contributed by atoms with Gasteiger partial charge in [0.15, 0.2) is 0 Å². The van der Waals surface area contributed by atoms with Crippen LogP contribution in [0.25, 0.3) is 10.9 Å². The molecule has 6 nitrogen and oxygen atoms in total. The summed E-state index contributed by atoms with van der Waals surface area (Å²) >= 11 is 0. The van der Waals surface area contributed by atoms with Crippen molar-refractivity contribution < 1.29 is 13.2 Å². The zero-order valence-electron chi connectivity index (χ0n) is 15.6. The number of amides is 1. The fourth-order valence-corrected chi connectivity index (χ4v) is 4.85. The Bertz CT molecular complexity index is 1080. The molecule has 27 heavy (non-hydrogen) atoms. The second-order valence-electron chi connectivity index (χ2n) is 6.28. The molecule has 142 valence electrons. The van der Waals surface area contributed by atoms with Gasteiger partial charge in [-0.05, 0) is 48.2 Å². The van der Waals surface area contributed by atoms with Gasteiger partial charge in [-0.1, -0.05) is 32.0 Å². The van der Waals surface area contributed by atoms with Gasteiger partial charge >= 0.3 is 0 Å². The molecule has 3 aromatic rings. The molecule has 0 atom stereocenters. The topological polar surface area (TPSA) is 91.1 Å². The number of carbonyl (C=O) groups is 1. The molecule has 2 aromatic carbocycles. The first-order valence-corrected chi connectivity index (χ1v) is 10.4. The van der Waals surface area contributed by atoms with Crippen molar-refractivity contribution in [2.24, 2.45) is 0 Å². The van der Waals surface area contributed by atoms with Gasteiger partial charge in [-0.25, -0.2) is 8.42 Å². The first-order valence-electron chi connectivity index (χ1n) is 8.88. The minimum atomic E-state index is -3.72. The van der Waals surface area contributed by atoms with E-state index in [-0.39, 0.29) is 5.91 Å². The lowest BCUT2D eigenvalue weighted by molar-refractivity contribution is 0.0959. The standard InChI is InChI=1S/C20H23N3O3S/c1-4-13-7-6-8-14(5-2)19(13)27(25,26)23-16-9-10-17-15(11-16)12-18(22-17)20(24)21-3/h6-12,22-23H,4-5H2,1-3H3,(H,21,24). The molecule has 1 aromatic heterocycles. The number of aromatic nitrogens is 1. The number of nitrogens with one attached hydrogen (secondary N) is 3. The highest BCUT2D eigenvalue weighted by atomic mass is 32.2. The number of benzene rings is 2. The molecule has 0 saturated carbocycles. The third-order valence-corrected chi connectivity index (χ3v) is 6.12. The fraction of sp³-hybridized carbons (Fsp3) is 0.250. The van der Waals surface area contributed by atoms with Crippen LogP contribution in [-0.4, -0.2) is 26.4 Å². The lowest BCUT2D eigenvalue weighted by atomic mass is 10.1. The summed E-state index contributed by atoms with van der Waals surface area (Å²) in [4.78, 5) is 15.1. The molecule has 3 rings (SSSR count). The van der Waals surface area contributed by atoms with Gasteiger partial charge < -0.3 is 10.3 Å². The van der Waals surface area contributed by atoms with E-state index in [4.69, 9.17) is 0 Å². The van der Waals surface area contributed by atoms with Gasteiger partial charge in [0.25, 0.3) is 15.9 Å². The minimum Gasteiger partial charge on any atom is -0.354 e. The zero-order chi connectivity index (χ0) is 19.6. The van der Waals surface area contributed by atoms with E-state index in [0.29, 0.717) is 29.1 Å². The number of hydrogen-bond acceptors (Lipinski definition) is 3. The Morgan fingerprint density at radius 3 is 2.30 bits per heavy atom. The van der Waals surface area contributed by atoms with Crippen LogP contribution in [0.4, 0.5) is 5.69 Å². The van der Waals surface area contributed by atoms with E-state index < -0.39 is 10.0 Å².